The van der Waals surface area contributed by atoms with Gasteiger partial charge in [0.2, 0.25) is 0 Å². The molecule has 1 rings (SSSR count). The first-order valence-corrected chi connectivity index (χ1v) is 4.04. The van der Waals surface area contributed by atoms with Crippen LogP contribution in [0, 0.1) is 0 Å². The van der Waals surface area contributed by atoms with Gasteiger partial charge in [-0.1, -0.05) is 6.58 Å². The number of thiocarbonyl (C=S) groups is 1. The van der Waals surface area contributed by atoms with Gasteiger partial charge >= 0.3 is 0 Å². The molecule has 0 N–H and O–H groups in total. The molecule has 0 saturated heterocycles. The Bertz CT molecular complexity index is 226. The molecule has 0 fully saturated rings. The molecule has 0 radical (unpaired) electrons. The van der Waals surface area contributed by atoms with Gasteiger partial charge < -0.3 is 4.74 Å². The van der Waals surface area contributed by atoms with Gasteiger partial charge in [0, 0.05) is 10.9 Å². The molecule has 0 aliphatic carbocycles. The molecular formula is C7H6OS2. The Morgan fingerprint density at radius 1 is 1.80 bits per heavy atom. The zero-order chi connectivity index (χ0) is 7.40. The molecule has 0 amide bonds. The van der Waals surface area contributed by atoms with Crippen LogP contribution in [0.15, 0.2) is 29.7 Å². The maximum absolute atomic E-state index is 4.89. The van der Waals surface area contributed by atoms with E-state index < -0.39 is 0 Å². The minimum atomic E-state index is 0.483. The van der Waals surface area contributed by atoms with Gasteiger partial charge in [-0.15, -0.1) is 0 Å². The molecule has 1 aromatic heterocycles. The van der Waals surface area contributed by atoms with E-state index in [4.69, 9.17) is 17.0 Å². The molecule has 3 heteroatoms. The van der Waals surface area contributed by atoms with Gasteiger partial charge in [-0.3, -0.25) is 0 Å². The van der Waals surface area contributed by atoms with E-state index in [2.05, 4.69) is 6.58 Å². The van der Waals surface area contributed by atoms with E-state index in [0.29, 0.717) is 5.05 Å². The highest BCUT2D eigenvalue weighted by molar-refractivity contribution is 7.80. The largest absolute Gasteiger partial charge is 0.453 e. The van der Waals surface area contributed by atoms with Crippen LogP contribution in [0.5, 0.6) is 0 Å². The molecule has 52 valence electrons. The summed E-state index contributed by atoms with van der Waals surface area (Å²) in [6.07, 6.45) is 1.33. The first-order chi connectivity index (χ1) is 4.84. The highest BCUT2D eigenvalue weighted by Crippen LogP contribution is 2.08. The third kappa shape index (κ3) is 1.65. The Morgan fingerprint density at radius 3 is 3.10 bits per heavy atom. The molecular weight excluding hydrogens is 164 g/mol. The molecule has 1 heterocycles. The van der Waals surface area contributed by atoms with Crippen molar-refractivity contribution in [2.24, 2.45) is 0 Å². The van der Waals surface area contributed by atoms with Gasteiger partial charge in [-0.25, -0.2) is 0 Å². The van der Waals surface area contributed by atoms with Crippen LogP contribution in [0.25, 0.3) is 0 Å². The molecule has 0 saturated carbocycles. The standard InChI is InChI=1S/C7H6OS2/c1-2-8-7(9)6-3-4-10-5-6/h2-5H,1H2. The Morgan fingerprint density at radius 2 is 2.60 bits per heavy atom. The first kappa shape index (κ1) is 7.44. The van der Waals surface area contributed by atoms with Crippen molar-refractivity contribution in [1.82, 2.24) is 0 Å². The summed E-state index contributed by atoms with van der Waals surface area (Å²) in [5, 5.41) is 4.37. The van der Waals surface area contributed by atoms with E-state index in [0.717, 1.165) is 5.56 Å². The van der Waals surface area contributed by atoms with Crippen LogP contribution < -0.4 is 0 Å². The Labute approximate surface area is 68.9 Å². The first-order valence-electron chi connectivity index (χ1n) is 2.68. The Hall–Kier alpha value is -0.670. The topological polar surface area (TPSA) is 9.23 Å². The lowest BCUT2D eigenvalue weighted by Gasteiger charge is -1.96. The summed E-state index contributed by atoms with van der Waals surface area (Å²) in [6, 6.07) is 1.91. The maximum Gasteiger partial charge on any atom is 0.197 e. The van der Waals surface area contributed by atoms with Crippen LogP contribution in [0.2, 0.25) is 0 Å². The van der Waals surface area contributed by atoms with Crippen LogP contribution in [0.4, 0.5) is 0 Å². The molecule has 10 heavy (non-hydrogen) atoms. The van der Waals surface area contributed by atoms with Crippen LogP contribution in [0.3, 0.4) is 0 Å². The van der Waals surface area contributed by atoms with E-state index >= 15 is 0 Å². The molecule has 1 aromatic rings. The Kier molecular flexibility index (Phi) is 2.59. The Balaban J connectivity index is 2.68. The SMILES string of the molecule is C=COC(=S)c1ccsc1. The molecule has 0 atom stereocenters. The van der Waals surface area contributed by atoms with E-state index in [1.807, 2.05) is 16.8 Å². The van der Waals surface area contributed by atoms with Crippen molar-refractivity contribution in [2.45, 2.75) is 0 Å². The second-order valence-corrected chi connectivity index (χ2v) is 2.73. The summed E-state index contributed by atoms with van der Waals surface area (Å²) in [6.45, 7) is 3.40. The van der Waals surface area contributed by atoms with Crippen LogP contribution >= 0.6 is 23.6 Å². The third-order valence-corrected chi connectivity index (χ3v) is 1.96. The summed E-state index contributed by atoms with van der Waals surface area (Å²) in [5.41, 5.74) is 0.944. The van der Waals surface area contributed by atoms with Gasteiger partial charge in [0.05, 0.1) is 6.26 Å². The third-order valence-electron chi connectivity index (χ3n) is 0.947. The summed E-state index contributed by atoms with van der Waals surface area (Å²) >= 11 is 6.48. The average Bonchev–Trinajstić information content (AvgIpc) is 2.38. The number of hydrogen-bond acceptors (Lipinski definition) is 3. The van der Waals surface area contributed by atoms with E-state index in [9.17, 15) is 0 Å². The lowest BCUT2D eigenvalue weighted by Crippen LogP contribution is -1.94. The van der Waals surface area contributed by atoms with Crippen LogP contribution in [-0.2, 0) is 4.74 Å². The smallest absolute Gasteiger partial charge is 0.197 e. The van der Waals surface area contributed by atoms with Gasteiger partial charge in [-0.05, 0) is 23.7 Å². The monoisotopic (exact) mass is 170 g/mol. The van der Waals surface area contributed by atoms with Crippen molar-refractivity contribution < 1.29 is 4.74 Å². The number of ether oxygens (including phenoxy) is 1. The normalized spacial score (nSPS) is 8.80. The molecule has 0 bridgehead atoms. The van der Waals surface area contributed by atoms with Crippen molar-refractivity contribution >= 4 is 28.6 Å². The van der Waals surface area contributed by atoms with Crippen molar-refractivity contribution in [3.05, 3.63) is 35.2 Å². The minimum Gasteiger partial charge on any atom is -0.453 e. The van der Waals surface area contributed by atoms with E-state index in [1.54, 1.807) is 11.3 Å². The van der Waals surface area contributed by atoms with Gasteiger partial charge in [0.1, 0.15) is 0 Å². The summed E-state index contributed by atoms with van der Waals surface area (Å²) in [5.74, 6) is 0. The zero-order valence-electron chi connectivity index (χ0n) is 5.24. The molecule has 0 unspecified atom stereocenters. The van der Waals surface area contributed by atoms with Crippen LogP contribution in [0.1, 0.15) is 5.56 Å². The lowest BCUT2D eigenvalue weighted by atomic mass is 10.4. The van der Waals surface area contributed by atoms with Crippen LogP contribution in [-0.4, -0.2) is 5.05 Å². The molecule has 0 aliphatic heterocycles. The fraction of sp³-hybridized carbons (Fsp3) is 0. The highest BCUT2D eigenvalue weighted by atomic mass is 32.1. The molecule has 0 spiro atoms. The van der Waals surface area contributed by atoms with Crippen molar-refractivity contribution in [3.8, 4) is 0 Å². The quantitative estimate of drug-likeness (QED) is 0.498. The molecule has 0 aliphatic rings. The second-order valence-electron chi connectivity index (χ2n) is 1.58. The molecule has 1 nitrogen and oxygen atoms in total. The fourth-order valence-corrected chi connectivity index (χ4v) is 1.43. The van der Waals surface area contributed by atoms with Crippen molar-refractivity contribution in [3.63, 3.8) is 0 Å². The maximum atomic E-state index is 4.89. The second kappa shape index (κ2) is 3.49. The van der Waals surface area contributed by atoms with Gasteiger partial charge in [-0.2, -0.15) is 11.3 Å². The predicted octanol–water partition coefficient (Wildman–Crippen LogP) is 2.58. The predicted molar refractivity (Wildman–Crippen MR) is 47.3 cm³/mol. The van der Waals surface area contributed by atoms with Gasteiger partial charge in [0.25, 0.3) is 0 Å². The average molecular weight is 170 g/mol. The van der Waals surface area contributed by atoms with E-state index in [-0.39, 0.29) is 0 Å². The summed E-state index contributed by atoms with van der Waals surface area (Å²) in [4.78, 5) is 0. The van der Waals surface area contributed by atoms with Crippen molar-refractivity contribution in [2.75, 3.05) is 0 Å². The van der Waals surface area contributed by atoms with E-state index in [1.165, 1.54) is 6.26 Å². The highest BCUT2D eigenvalue weighted by Gasteiger charge is 1.98. The minimum absolute atomic E-state index is 0.483. The summed E-state index contributed by atoms with van der Waals surface area (Å²) < 4.78 is 4.89. The number of thiophene rings is 1. The number of rotatable bonds is 2. The lowest BCUT2D eigenvalue weighted by molar-refractivity contribution is 0.489. The zero-order valence-corrected chi connectivity index (χ0v) is 6.87. The fourth-order valence-electron chi connectivity index (χ4n) is 0.524. The van der Waals surface area contributed by atoms with Crippen molar-refractivity contribution in [1.29, 1.82) is 0 Å². The molecule has 0 aromatic carbocycles. The summed E-state index contributed by atoms with van der Waals surface area (Å²) in [7, 11) is 0. The number of hydrogen-bond donors (Lipinski definition) is 0. The van der Waals surface area contributed by atoms with Gasteiger partial charge in [0.15, 0.2) is 5.05 Å².